The van der Waals surface area contributed by atoms with Gasteiger partial charge in [-0.25, -0.2) is 0 Å². The van der Waals surface area contributed by atoms with E-state index in [0.29, 0.717) is 6.04 Å². The van der Waals surface area contributed by atoms with Gasteiger partial charge in [0.15, 0.2) is 0 Å². The van der Waals surface area contributed by atoms with Crippen molar-refractivity contribution in [2.24, 2.45) is 14.1 Å². The first-order chi connectivity index (χ1) is 11.6. The fourth-order valence-corrected chi connectivity index (χ4v) is 3.79. The Morgan fingerprint density at radius 3 is 2.75 bits per heavy atom. The van der Waals surface area contributed by atoms with Gasteiger partial charge in [0.25, 0.3) is 0 Å². The monoisotopic (exact) mass is 330 g/mol. The van der Waals surface area contributed by atoms with Gasteiger partial charge in [-0.05, 0) is 25.7 Å². The lowest BCUT2D eigenvalue weighted by atomic mass is 10.0. The molecular weight excluding hydrogens is 300 g/mol. The normalized spacial score (nSPS) is 18.3. The van der Waals surface area contributed by atoms with Crippen molar-refractivity contribution in [2.75, 3.05) is 18.0 Å². The van der Waals surface area contributed by atoms with Crippen LogP contribution in [-0.2, 0) is 33.5 Å². The van der Waals surface area contributed by atoms with E-state index >= 15 is 0 Å². The molecule has 0 spiro atoms. The number of anilines is 1. The van der Waals surface area contributed by atoms with Crippen molar-refractivity contribution in [3.63, 3.8) is 0 Å². The minimum absolute atomic E-state index is 0.522. The Morgan fingerprint density at radius 2 is 2.08 bits per heavy atom. The second kappa shape index (κ2) is 7.38. The van der Waals surface area contributed by atoms with Crippen LogP contribution < -0.4 is 10.2 Å². The summed E-state index contributed by atoms with van der Waals surface area (Å²) in [7, 11) is 4.04. The second-order valence-corrected chi connectivity index (χ2v) is 6.74. The second-order valence-electron chi connectivity index (χ2n) is 6.74. The molecule has 0 bridgehead atoms. The van der Waals surface area contributed by atoms with E-state index in [1.54, 1.807) is 0 Å². The zero-order valence-electron chi connectivity index (χ0n) is 15.4. The van der Waals surface area contributed by atoms with Gasteiger partial charge in [-0.3, -0.25) is 9.36 Å². The maximum Gasteiger partial charge on any atom is 0.0752 e. The lowest BCUT2D eigenvalue weighted by Gasteiger charge is -2.34. The summed E-state index contributed by atoms with van der Waals surface area (Å²) in [5.41, 5.74) is 5.23. The molecule has 24 heavy (non-hydrogen) atoms. The highest BCUT2D eigenvalue weighted by Gasteiger charge is 2.22. The topological polar surface area (TPSA) is 50.9 Å². The maximum absolute atomic E-state index is 4.68. The SMILES string of the molecule is CCc1nn(C)c(CC)c1CN[C@@H]1CCCN(c2cnn(C)c2)C1. The molecule has 3 heterocycles. The number of nitrogens with one attached hydrogen (secondary N) is 1. The van der Waals surface area contributed by atoms with Crippen molar-refractivity contribution in [2.45, 2.75) is 52.1 Å². The summed E-state index contributed by atoms with van der Waals surface area (Å²) in [5, 5.41) is 12.8. The lowest BCUT2D eigenvalue weighted by Crippen LogP contribution is -2.45. The molecule has 6 heteroatoms. The van der Waals surface area contributed by atoms with Crippen LogP contribution >= 0.6 is 0 Å². The van der Waals surface area contributed by atoms with Crippen molar-refractivity contribution in [1.29, 1.82) is 0 Å². The van der Waals surface area contributed by atoms with Crippen molar-refractivity contribution < 1.29 is 0 Å². The fourth-order valence-electron chi connectivity index (χ4n) is 3.79. The molecule has 0 unspecified atom stereocenters. The predicted molar refractivity (Wildman–Crippen MR) is 97.2 cm³/mol. The van der Waals surface area contributed by atoms with Crippen LogP contribution in [0.25, 0.3) is 0 Å². The van der Waals surface area contributed by atoms with Gasteiger partial charge in [-0.2, -0.15) is 10.2 Å². The van der Waals surface area contributed by atoms with Crippen LogP contribution in [-0.4, -0.2) is 38.7 Å². The van der Waals surface area contributed by atoms with E-state index in [4.69, 9.17) is 0 Å². The summed E-state index contributed by atoms with van der Waals surface area (Å²) < 4.78 is 3.93. The molecule has 132 valence electrons. The molecular formula is C18H30N6. The van der Waals surface area contributed by atoms with Gasteiger partial charge >= 0.3 is 0 Å². The van der Waals surface area contributed by atoms with Gasteiger partial charge in [0.05, 0.1) is 17.6 Å². The molecule has 0 saturated carbocycles. The number of rotatable bonds is 6. The molecule has 1 aliphatic heterocycles. The highest BCUT2D eigenvalue weighted by Crippen LogP contribution is 2.20. The van der Waals surface area contributed by atoms with Crippen molar-refractivity contribution in [3.05, 3.63) is 29.3 Å². The van der Waals surface area contributed by atoms with Gasteiger partial charge in [0, 0.05) is 57.2 Å². The molecule has 1 atom stereocenters. The van der Waals surface area contributed by atoms with Crippen LogP contribution in [0.3, 0.4) is 0 Å². The van der Waals surface area contributed by atoms with Gasteiger partial charge < -0.3 is 10.2 Å². The maximum atomic E-state index is 4.68. The van der Waals surface area contributed by atoms with Crippen LogP contribution in [0.2, 0.25) is 0 Å². The van der Waals surface area contributed by atoms with E-state index in [-0.39, 0.29) is 0 Å². The summed E-state index contributed by atoms with van der Waals surface area (Å²) in [5.74, 6) is 0. The first kappa shape index (κ1) is 17.0. The summed E-state index contributed by atoms with van der Waals surface area (Å²) in [4.78, 5) is 2.44. The van der Waals surface area contributed by atoms with Crippen LogP contribution in [0.15, 0.2) is 12.4 Å². The molecule has 0 aromatic carbocycles. The average molecular weight is 330 g/mol. The molecule has 1 aliphatic rings. The molecule has 2 aromatic rings. The number of aromatic nitrogens is 4. The number of hydrogen-bond donors (Lipinski definition) is 1. The highest BCUT2D eigenvalue weighted by molar-refractivity contribution is 5.43. The lowest BCUT2D eigenvalue weighted by molar-refractivity contribution is 0.420. The third kappa shape index (κ3) is 3.48. The van der Waals surface area contributed by atoms with Crippen LogP contribution in [0.4, 0.5) is 5.69 Å². The molecule has 6 nitrogen and oxygen atoms in total. The third-order valence-electron chi connectivity index (χ3n) is 5.07. The predicted octanol–water partition coefficient (Wildman–Crippen LogP) is 2.04. The number of nitrogens with zero attached hydrogens (tertiary/aromatic N) is 5. The van der Waals surface area contributed by atoms with E-state index in [1.807, 2.05) is 17.9 Å². The first-order valence-corrected chi connectivity index (χ1v) is 9.13. The molecule has 1 saturated heterocycles. The Balaban J connectivity index is 1.64. The van der Waals surface area contributed by atoms with Gasteiger partial charge in [-0.1, -0.05) is 13.8 Å². The molecule has 0 amide bonds. The highest BCUT2D eigenvalue weighted by atomic mass is 15.3. The largest absolute Gasteiger partial charge is 0.367 e. The Morgan fingerprint density at radius 1 is 1.25 bits per heavy atom. The molecule has 0 radical (unpaired) electrons. The number of piperidine rings is 1. The van der Waals surface area contributed by atoms with Gasteiger partial charge in [0.2, 0.25) is 0 Å². The quantitative estimate of drug-likeness (QED) is 0.881. The third-order valence-corrected chi connectivity index (χ3v) is 5.07. The molecule has 0 aliphatic carbocycles. The average Bonchev–Trinajstić information content (AvgIpc) is 3.16. The van der Waals surface area contributed by atoms with Crippen LogP contribution in [0.1, 0.15) is 43.6 Å². The molecule has 1 fully saturated rings. The first-order valence-electron chi connectivity index (χ1n) is 9.13. The number of hydrogen-bond acceptors (Lipinski definition) is 4. The minimum atomic E-state index is 0.522. The van der Waals surface area contributed by atoms with E-state index in [0.717, 1.165) is 32.5 Å². The summed E-state index contributed by atoms with van der Waals surface area (Å²) in [6.45, 7) is 7.50. The Hall–Kier alpha value is -1.82. The van der Waals surface area contributed by atoms with E-state index in [2.05, 4.69) is 52.2 Å². The fraction of sp³-hybridized carbons (Fsp3) is 0.667. The summed E-state index contributed by atoms with van der Waals surface area (Å²) in [6, 6.07) is 0.522. The number of aryl methyl sites for hydroxylation is 3. The Labute approximate surface area is 144 Å². The van der Waals surface area contributed by atoms with Gasteiger partial charge in [-0.15, -0.1) is 0 Å². The Kier molecular flexibility index (Phi) is 5.23. The van der Waals surface area contributed by atoms with Crippen molar-refractivity contribution in [1.82, 2.24) is 24.9 Å². The zero-order chi connectivity index (χ0) is 17.1. The van der Waals surface area contributed by atoms with Crippen molar-refractivity contribution in [3.8, 4) is 0 Å². The summed E-state index contributed by atoms with van der Waals surface area (Å²) >= 11 is 0. The van der Waals surface area contributed by atoms with Crippen LogP contribution in [0, 0.1) is 0 Å². The van der Waals surface area contributed by atoms with E-state index < -0.39 is 0 Å². The molecule has 3 rings (SSSR count). The smallest absolute Gasteiger partial charge is 0.0752 e. The Bertz CT molecular complexity index is 671. The van der Waals surface area contributed by atoms with Gasteiger partial charge in [0.1, 0.15) is 0 Å². The minimum Gasteiger partial charge on any atom is -0.367 e. The van der Waals surface area contributed by atoms with Crippen LogP contribution in [0.5, 0.6) is 0 Å². The van der Waals surface area contributed by atoms with Crippen molar-refractivity contribution >= 4 is 5.69 Å². The standard InChI is InChI=1S/C18H30N6/c1-5-17-16(18(6-2)23(4)21-17)11-19-14-8-7-9-24(12-14)15-10-20-22(3)13-15/h10,13-14,19H,5-9,11-12H2,1-4H3/t14-/m1/s1. The molecule has 1 N–H and O–H groups in total. The van der Waals surface area contributed by atoms with E-state index in [9.17, 15) is 0 Å². The summed E-state index contributed by atoms with van der Waals surface area (Å²) in [6.07, 6.45) is 8.56. The molecule has 2 aromatic heterocycles. The van der Waals surface area contributed by atoms with E-state index in [1.165, 1.54) is 35.5 Å². The zero-order valence-corrected chi connectivity index (χ0v) is 15.4.